The molecule has 0 radical (unpaired) electrons. The van der Waals surface area contributed by atoms with Crippen molar-refractivity contribution in [1.82, 2.24) is 4.90 Å². The number of hydrogen-bond acceptors (Lipinski definition) is 1. The van der Waals surface area contributed by atoms with E-state index in [1.54, 1.807) is 0 Å². The molecule has 0 amide bonds. The van der Waals surface area contributed by atoms with E-state index in [2.05, 4.69) is 32.3 Å². The highest BCUT2D eigenvalue weighted by molar-refractivity contribution is 5.85. The van der Waals surface area contributed by atoms with Gasteiger partial charge in [-0.05, 0) is 32.9 Å². The van der Waals surface area contributed by atoms with Crippen molar-refractivity contribution in [3.8, 4) is 0 Å². The van der Waals surface area contributed by atoms with Gasteiger partial charge in [-0.2, -0.15) is 0 Å². The molecule has 0 atom stereocenters. The second-order valence-corrected chi connectivity index (χ2v) is 9.60. The zero-order valence-corrected chi connectivity index (χ0v) is 22.1. The van der Waals surface area contributed by atoms with Gasteiger partial charge in [0.05, 0.1) is 0 Å². The fraction of sp³-hybridized carbons (Fsp3) is 0.929. The van der Waals surface area contributed by atoms with Crippen LogP contribution in [0.5, 0.6) is 0 Å². The topological polar surface area (TPSA) is 3.24 Å². The maximum Gasteiger partial charge on any atom is 0.0187 e. The molecule has 0 unspecified atom stereocenters. The average molecular weight is 444 g/mol. The summed E-state index contributed by atoms with van der Waals surface area (Å²) in [5, 5.41) is 0. The molecule has 0 spiro atoms. The fourth-order valence-corrected chi connectivity index (χ4v) is 4.30. The Hall–Kier alpha value is -0.0100. The van der Waals surface area contributed by atoms with Crippen molar-refractivity contribution in [3.63, 3.8) is 0 Å². The van der Waals surface area contributed by atoms with Crippen LogP contribution in [0.4, 0.5) is 0 Å². The van der Waals surface area contributed by atoms with Gasteiger partial charge in [0, 0.05) is 6.54 Å². The molecule has 0 fully saturated rings. The number of unbranched alkanes of at least 4 members (excludes halogenated alkanes) is 18. The summed E-state index contributed by atoms with van der Waals surface area (Å²) in [7, 11) is 0. The molecule has 2 heteroatoms. The molecule has 0 aromatic rings. The third-order valence-corrected chi connectivity index (χ3v) is 6.15. The van der Waals surface area contributed by atoms with Crippen LogP contribution in [-0.4, -0.2) is 24.5 Å². The summed E-state index contributed by atoms with van der Waals surface area (Å²) in [6.45, 7) is 14.6. The molecular formula is C28H58ClN. The molecule has 30 heavy (non-hydrogen) atoms. The Bertz CT molecular complexity index is 305. The molecule has 0 saturated heterocycles. The van der Waals surface area contributed by atoms with Crippen LogP contribution in [0.15, 0.2) is 12.2 Å². The van der Waals surface area contributed by atoms with Gasteiger partial charge in [-0.15, -0.1) is 12.4 Å². The quantitative estimate of drug-likeness (QED) is 0.106. The summed E-state index contributed by atoms with van der Waals surface area (Å²) in [6, 6.07) is 0. The first-order chi connectivity index (χ1) is 14.2. The van der Waals surface area contributed by atoms with Crippen molar-refractivity contribution in [1.29, 1.82) is 0 Å². The normalized spacial score (nSPS) is 11.1. The third-order valence-electron chi connectivity index (χ3n) is 6.15. The van der Waals surface area contributed by atoms with E-state index < -0.39 is 0 Å². The predicted molar refractivity (Wildman–Crippen MR) is 142 cm³/mol. The Balaban J connectivity index is 0. The lowest BCUT2D eigenvalue weighted by molar-refractivity contribution is 0.280. The minimum absolute atomic E-state index is 0. The molecule has 0 aliphatic carbocycles. The smallest absolute Gasteiger partial charge is 0.0187 e. The van der Waals surface area contributed by atoms with E-state index in [0.29, 0.717) is 0 Å². The van der Waals surface area contributed by atoms with Crippen LogP contribution in [0.2, 0.25) is 0 Å². The van der Waals surface area contributed by atoms with Gasteiger partial charge in [0.1, 0.15) is 0 Å². The molecule has 0 bridgehead atoms. The van der Waals surface area contributed by atoms with Gasteiger partial charge >= 0.3 is 0 Å². The van der Waals surface area contributed by atoms with Crippen LogP contribution in [0, 0.1) is 0 Å². The summed E-state index contributed by atoms with van der Waals surface area (Å²) < 4.78 is 0. The average Bonchev–Trinajstić information content (AvgIpc) is 2.70. The SMILES string of the molecule is C=C(C)CN(CCCCCCCCCCCC)CCCCCCCCCCCC.Cl. The van der Waals surface area contributed by atoms with E-state index in [1.165, 1.54) is 147 Å². The number of nitrogens with zero attached hydrogens (tertiary/aromatic N) is 1. The van der Waals surface area contributed by atoms with Gasteiger partial charge in [0.2, 0.25) is 0 Å². The zero-order valence-electron chi connectivity index (χ0n) is 21.3. The van der Waals surface area contributed by atoms with E-state index in [1.807, 2.05) is 0 Å². The highest BCUT2D eigenvalue weighted by atomic mass is 35.5. The van der Waals surface area contributed by atoms with E-state index in [4.69, 9.17) is 0 Å². The molecule has 0 aromatic heterocycles. The predicted octanol–water partition coefficient (Wildman–Crippen LogP) is 10.1. The largest absolute Gasteiger partial charge is 0.299 e. The highest BCUT2D eigenvalue weighted by Gasteiger charge is 2.05. The van der Waals surface area contributed by atoms with Gasteiger partial charge < -0.3 is 0 Å². The molecular weight excluding hydrogens is 386 g/mol. The Kier molecular flexibility index (Phi) is 29.0. The molecule has 1 nitrogen and oxygen atoms in total. The van der Waals surface area contributed by atoms with Crippen molar-refractivity contribution < 1.29 is 0 Å². The van der Waals surface area contributed by atoms with Gasteiger partial charge in [0.25, 0.3) is 0 Å². The third kappa shape index (κ3) is 26.0. The number of halogens is 1. The minimum Gasteiger partial charge on any atom is -0.299 e. The first-order valence-electron chi connectivity index (χ1n) is 13.6. The van der Waals surface area contributed by atoms with Crippen molar-refractivity contribution in [2.45, 2.75) is 149 Å². The van der Waals surface area contributed by atoms with E-state index in [9.17, 15) is 0 Å². The lowest BCUT2D eigenvalue weighted by Crippen LogP contribution is -2.27. The van der Waals surface area contributed by atoms with Crippen molar-refractivity contribution >= 4 is 12.4 Å². The van der Waals surface area contributed by atoms with Crippen molar-refractivity contribution in [2.24, 2.45) is 0 Å². The van der Waals surface area contributed by atoms with Crippen LogP contribution in [0.25, 0.3) is 0 Å². The number of rotatable bonds is 24. The second-order valence-electron chi connectivity index (χ2n) is 9.60. The van der Waals surface area contributed by atoms with Crippen molar-refractivity contribution in [3.05, 3.63) is 12.2 Å². The summed E-state index contributed by atoms with van der Waals surface area (Å²) in [5.74, 6) is 0. The zero-order chi connectivity index (χ0) is 21.4. The Morgan fingerprint density at radius 3 is 1.03 bits per heavy atom. The van der Waals surface area contributed by atoms with Crippen LogP contribution in [-0.2, 0) is 0 Å². The van der Waals surface area contributed by atoms with Gasteiger partial charge in [-0.1, -0.05) is 142 Å². The monoisotopic (exact) mass is 443 g/mol. The van der Waals surface area contributed by atoms with E-state index >= 15 is 0 Å². The van der Waals surface area contributed by atoms with Gasteiger partial charge in [0.15, 0.2) is 0 Å². The Morgan fingerprint density at radius 2 is 0.767 bits per heavy atom. The van der Waals surface area contributed by atoms with Crippen LogP contribution in [0.1, 0.15) is 149 Å². The lowest BCUT2D eigenvalue weighted by atomic mass is 10.1. The molecule has 0 aliphatic rings. The molecule has 0 saturated carbocycles. The summed E-state index contributed by atoms with van der Waals surface area (Å²) in [4.78, 5) is 2.66. The molecule has 0 rings (SSSR count). The van der Waals surface area contributed by atoms with Crippen molar-refractivity contribution in [2.75, 3.05) is 19.6 Å². The maximum atomic E-state index is 4.15. The van der Waals surface area contributed by atoms with Crippen LogP contribution < -0.4 is 0 Å². The summed E-state index contributed by atoms with van der Waals surface area (Å²) in [6.07, 6.45) is 28.6. The molecule has 0 aromatic carbocycles. The van der Waals surface area contributed by atoms with Gasteiger partial charge in [-0.25, -0.2) is 0 Å². The molecule has 0 aliphatic heterocycles. The fourth-order valence-electron chi connectivity index (χ4n) is 4.30. The summed E-state index contributed by atoms with van der Waals surface area (Å²) >= 11 is 0. The van der Waals surface area contributed by atoms with E-state index in [0.717, 1.165) is 6.54 Å². The van der Waals surface area contributed by atoms with E-state index in [-0.39, 0.29) is 12.4 Å². The number of hydrogen-bond donors (Lipinski definition) is 0. The first-order valence-corrected chi connectivity index (χ1v) is 13.6. The first kappa shape index (κ1) is 32.2. The van der Waals surface area contributed by atoms with Gasteiger partial charge in [-0.3, -0.25) is 4.90 Å². The Morgan fingerprint density at radius 1 is 0.500 bits per heavy atom. The van der Waals surface area contributed by atoms with Crippen LogP contribution in [0.3, 0.4) is 0 Å². The lowest BCUT2D eigenvalue weighted by Gasteiger charge is -2.22. The van der Waals surface area contributed by atoms with Crippen LogP contribution >= 0.6 is 12.4 Å². The minimum atomic E-state index is 0. The molecule has 182 valence electrons. The summed E-state index contributed by atoms with van der Waals surface area (Å²) in [5.41, 5.74) is 1.32. The maximum absolute atomic E-state index is 4.15. The Labute approximate surface area is 198 Å². The molecule has 0 heterocycles. The second kappa shape index (κ2) is 27.0. The standard InChI is InChI=1S/C28H57N.ClH/c1-5-7-9-11-13-15-17-19-21-23-25-29(27-28(3)4)26-24-22-20-18-16-14-12-10-8-6-2;/h3,5-27H2,1-2,4H3;1H. The highest BCUT2D eigenvalue weighted by Crippen LogP contribution is 2.13. The molecule has 0 N–H and O–H groups in total.